The number of hydrogen-bond acceptors (Lipinski definition) is 4. The van der Waals surface area contributed by atoms with Crippen LogP contribution in [0.1, 0.15) is 18.5 Å². The minimum atomic E-state index is -0.476. The largest absolute Gasteiger partial charge is 0.449 e. The molecule has 0 radical (unpaired) electrons. The molecule has 0 spiro atoms. The fraction of sp³-hybridized carbons (Fsp3) is 0.143. The zero-order chi connectivity index (χ0) is 14.7. The Morgan fingerprint density at radius 1 is 1.25 bits per heavy atom. The minimum Gasteiger partial charge on any atom is -0.449 e. The van der Waals surface area contributed by atoms with Crippen LogP contribution >= 0.6 is 15.9 Å². The topological polar surface area (TPSA) is 78.4 Å². The number of nitro benzene ring substituents is 1. The Labute approximate surface area is 124 Å². The number of rotatable bonds is 4. The first-order chi connectivity index (χ1) is 9.49. The number of hydrogen-bond donors (Lipinski definition) is 1. The van der Waals surface area contributed by atoms with Crippen molar-refractivity contribution in [3.8, 4) is 11.5 Å². The second kappa shape index (κ2) is 6.02. The molecule has 2 rings (SSSR count). The molecule has 0 bridgehead atoms. The molecular weight excluding hydrogens is 324 g/mol. The van der Waals surface area contributed by atoms with Crippen LogP contribution in [0, 0.1) is 10.1 Å². The molecule has 2 aromatic carbocycles. The number of para-hydroxylation sites is 1. The molecule has 0 aromatic heterocycles. The van der Waals surface area contributed by atoms with E-state index < -0.39 is 4.92 Å². The molecule has 5 nitrogen and oxygen atoms in total. The lowest BCUT2D eigenvalue weighted by Crippen LogP contribution is -2.04. The molecule has 0 aliphatic rings. The van der Waals surface area contributed by atoms with Crippen LogP contribution in [-0.4, -0.2) is 4.92 Å². The summed E-state index contributed by atoms with van der Waals surface area (Å²) in [6.07, 6.45) is 0. The lowest BCUT2D eigenvalue weighted by atomic mass is 10.1. The van der Waals surface area contributed by atoms with E-state index in [1.165, 1.54) is 6.07 Å². The molecule has 0 aliphatic carbocycles. The molecule has 0 saturated carbocycles. The molecule has 2 N–H and O–H groups in total. The zero-order valence-corrected chi connectivity index (χ0v) is 12.3. The van der Waals surface area contributed by atoms with Gasteiger partial charge >= 0.3 is 5.69 Å². The summed E-state index contributed by atoms with van der Waals surface area (Å²) in [6.45, 7) is 1.88. The Kier molecular flexibility index (Phi) is 4.36. The van der Waals surface area contributed by atoms with Crippen LogP contribution in [0.15, 0.2) is 46.9 Å². The molecular formula is C14H13BrN2O3. The monoisotopic (exact) mass is 336 g/mol. The van der Waals surface area contributed by atoms with Gasteiger partial charge in [-0.1, -0.05) is 18.2 Å². The molecule has 0 amide bonds. The van der Waals surface area contributed by atoms with Gasteiger partial charge < -0.3 is 10.5 Å². The number of nitro groups is 1. The Morgan fingerprint density at radius 3 is 2.45 bits per heavy atom. The lowest BCUT2D eigenvalue weighted by Gasteiger charge is -2.10. The summed E-state index contributed by atoms with van der Waals surface area (Å²) in [5, 5.41) is 11.0. The third-order valence-corrected chi connectivity index (χ3v) is 3.39. The fourth-order valence-electron chi connectivity index (χ4n) is 1.70. The van der Waals surface area contributed by atoms with Crippen LogP contribution in [0.3, 0.4) is 0 Å². The van der Waals surface area contributed by atoms with Crippen LogP contribution in [0.25, 0.3) is 0 Å². The van der Waals surface area contributed by atoms with Gasteiger partial charge in [0.15, 0.2) is 0 Å². The second-order valence-electron chi connectivity index (χ2n) is 4.30. The normalized spacial score (nSPS) is 11.9. The highest BCUT2D eigenvalue weighted by atomic mass is 79.9. The van der Waals surface area contributed by atoms with Crippen molar-refractivity contribution in [1.82, 2.24) is 0 Å². The van der Waals surface area contributed by atoms with Crippen LogP contribution in [0.4, 0.5) is 5.69 Å². The quantitative estimate of drug-likeness (QED) is 0.671. The Hall–Kier alpha value is -1.92. The third-order valence-electron chi connectivity index (χ3n) is 2.77. The molecule has 0 heterocycles. The molecule has 0 aliphatic heterocycles. The summed E-state index contributed by atoms with van der Waals surface area (Å²) in [5.74, 6) is 0.704. The van der Waals surface area contributed by atoms with E-state index in [9.17, 15) is 10.1 Å². The van der Waals surface area contributed by atoms with Crippen molar-refractivity contribution >= 4 is 21.6 Å². The molecule has 1 atom stereocenters. The standard InChI is InChI=1S/C14H13BrN2O3/c1-9(16)10-5-7-11(8-6-10)20-14-12(15)3-2-4-13(14)17(18)19/h2-9H,16H2,1H3/t9-/m0/s1. The number of benzene rings is 2. The van der Waals surface area contributed by atoms with Crippen molar-refractivity contribution in [3.05, 3.63) is 62.6 Å². The Balaban J connectivity index is 2.32. The second-order valence-corrected chi connectivity index (χ2v) is 5.16. The van der Waals surface area contributed by atoms with E-state index in [0.717, 1.165) is 5.56 Å². The predicted molar refractivity (Wildman–Crippen MR) is 79.9 cm³/mol. The molecule has 2 aromatic rings. The van der Waals surface area contributed by atoms with Gasteiger partial charge in [-0.05, 0) is 46.6 Å². The van der Waals surface area contributed by atoms with Gasteiger partial charge in [-0.15, -0.1) is 0 Å². The van der Waals surface area contributed by atoms with Crippen LogP contribution in [-0.2, 0) is 0 Å². The number of ether oxygens (including phenoxy) is 1. The first-order valence-electron chi connectivity index (χ1n) is 5.95. The van der Waals surface area contributed by atoms with Gasteiger partial charge in [-0.25, -0.2) is 0 Å². The van der Waals surface area contributed by atoms with E-state index in [4.69, 9.17) is 10.5 Å². The van der Waals surface area contributed by atoms with Gasteiger partial charge in [-0.3, -0.25) is 10.1 Å². The maximum Gasteiger partial charge on any atom is 0.312 e. The fourth-order valence-corrected chi connectivity index (χ4v) is 2.14. The highest BCUT2D eigenvalue weighted by Crippen LogP contribution is 2.38. The predicted octanol–water partition coefficient (Wildman–Crippen LogP) is 4.17. The first kappa shape index (κ1) is 14.5. The number of halogens is 1. The van der Waals surface area contributed by atoms with Gasteiger partial charge in [0.05, 0.1) is 9.40 Å². The number of nitrogens with two attached hydrogens (primary N) is 1. The Bertz CT molecular complexity index is 627. The Morgan fingerprint density at radius 2 is 1.90 bits per heavy atom. The molecule has 0 unspecified atom stereocenters. The minimum absolute atomic E-state index is 0.0677. The van der Waals surface area contributed by atoms with Crippen molar-refractivity contribution < 1.29 is 9.66 Å². The molecule has 104 valence electrons. The van der Waals surface area contributed by atoms with E-state index in [0.29, 0.717) is 10.2 Å². The summed E-state index contributed by atoms with van der Waals surface area (Å²) in [5.41, 5.74) is 6.65. The SMILES string of the molecule is C[C@H](N)c1ccc(Oc2c(Br)cccc2[N+](=O)[O-])cc1. The van der Waals surface area contributed by atoms with Crippen molar-refractivity contribution in [2.45, 2.75) is 13.0 Å². The summed E-state index contributed by atoms with van der Waals surface area (Å²) < 4.78 is 6.14. The van der Waals surface area contributed by atoms with Crippen LogP contribution in [0.5, 0.6) is 11.5 Å². The van der Waals surface area contributed by atoms with Gasteiger partial charge in [0, 0.05) is 12.1 Å². The van der Waals surface area contributed by atoms with Gasteiger partial charge in [-0.2, -0.15) is 0 Å². The van der Waals surface area contributed by atoms with E-state index in [2.05, 4.69) is 15.9 Å². The average molecular weight is 337 g/mol. The summed E-state index contributed by atoms with van der Waals surface area (Å²) in [7, 11) is 0. The maximum absolute atomic E-state index is 11.0. The van der Waals surface area contributed by atoms with E-state index in [1.807, 2.05) is 19.1 Å². The zero-order valence-electron chi connectivity index (χ0n) is 10.7. The molecule has 0 saturated heterocycles. The first-order valence-corrected chi connectivity index (χ1v) is 6.74. The van der Waals surface area contributed by atoms with E-state index >= 15 is 0 Å². The smallest absolute Gasteiger partial charge is 0.312 e. The van der Waals surface area contributed by atoms with Crippen LogP contribution in [0.2, 0.25) is 0 Å². The molecule has 6 heteroatoms. The average Bonchev–Trinajstić information content (AvgIpc) is 2.41. The highest BCUT2D eigenvalue weighted by molar-refractivity contribution is 9.10. The highest BCUT2D eigenvalue weighted by Gasteiger charge is 2.18. The van der Waals surface area contributed by atoms with Crippen molar-refractivity contribution in [2.24, 2.45) is 5.73 Å². The summed E-state index contributed by atoms with van der Waals surface area (Å²) in [4.78, 5) is 10.5. The summed E-state index contributed by atoms with van der Waals surface area (Å²) in [6, 6.07) is 11.8. The van der Waals surface area contributed by atoms with E-state index in [1.54, 1.807) is 24.3 Å². The maximum atomic E-state index is 11.0. The van der Waals surface area contributed by atoms with Crippen molar-refractivity contribution in [2.75, 3.05) is 0 Å². The molecule has 20 heavy (non-hydrogen) atoms. The van der Waals surface area contributed by atoms with Gasteiger partial charge in [0.2, 0.25) is 5.75 Å². The van der Waals surface area contributed by atoms with Crippen LogP contribution < -0.4 is 10.5 Å². The summed E-state index contributed by atoms with van der Waals surface area (Å²) >= 11 is 3.26. The van der Waals surface area contributed by atoms with Gasteiger partial charge in [0.25, 0.3) is 0 Å². The van der Waals surface area contributed by atoms with Crippen molar-refractivity contribution in [1.29, 1.82) is 0 Å². The third kappa shape index (κ3) is 3.15. The lowest BCUT2D eigenvalue weighted by molar-refractivity contribution is -0.385. The van der Waals surface area contributed by atoms with E-state index in [-0.39, 0.29) is 17.5 Å². The van der Waals surface area contributed by atoms with Crippen molar-refractivity contribution in [3.63, 3.8) is 0 Å². The number of nitrogens with zero attached hydrogens (tertiary/aromatic N) is 1. The van der Waals surface area contributed by atoms with Gasteiger partial charge in [0.1, 0.15) is 5.75 Å². The molecule has 0 fully saturated rings.